The monoisotopic (exact) mass is 630 g/mol. The minimum Gasteiger partial charge on any atom is -0.497 e. The molecule has 2 aromatic heterocycles. The Bertz CT molecular complexity index is 1710. The van der Waals surface area contributed by atoms with Crippen LogP contribution in [0.5, 0.6) is 5.75 Å². The highest BCUT2D eigenvalue weighted by Crippen LogP contribution is 2.26. The van der Waals surface area contributed by atoms with Crippen molar-refractivity contribution < 1.29 is 23.1 Å². The van der Waals surface area contributed by atoms with Gasteiger partial charge in [-0.2, -0.15) is 0 Å². The lowest BCUT2D eigenvalue weighted by atomic mass is 10.1. The zero-order chi connectivity index (χ0) is 33.0. The number of halogens is 2. The van der Waals surface area contributed by atoms with E-state index in [1.54, 1.807) is 24.7 Å². The van der Waals surface area contributed by atoms with Gasteiger partial charge in [-0.1, -0.05) is 6.07 Å². The quantitative estimate of drug-likeness (QED) is 0.186. The number of rotatable bonds is 9. The maximum atomic E-state index is 14.1. The van der Waals surface area contributed by atoms with Gasteiger partial charge in [-0.3, -0.25) is 19.4 Å². The van der Waals surface area contributed by atoms with Gasteiger partial charge in [0.15, 0.2) is 11.6 Å². The summed E-state index contributed by atoms with van der Waals surface area (Å²) in [6.07, 6.45) is 4.67. The molecule has 244 valence electrons. The summed E-state index contributed by atoms with van der Waals surface area (Å²) in [4.78, 5) is 29.6. The van der Waals surface area contributed by atoms with E-state index in [4.69, 9.17) is 4.74 Å². The second-order valence-corrected chi connectivity index (χ2v) is 12.4. The lowest BCUT2D eigenvalue weighted by Crippen LogP contribution is -2.27. The highest BCUT2D eigenvalue weighted by molar-refractivity contribution is 5.99. The van der Waals surface area contributed by atoms with Crippen molar-refractivity contribution in [3.05, 3.63) is 100 Å². The van der Waals surface area contributed by atoms with Gasteiger partial charge in [0, 0.05) is 51.7 Å². The lowest BCUT2D eigenvalue weighted by Gasteiger charge is -2.14. The largest absolute Gasteiger partial charge is 0.497 e. The molecule has 0 spiro atoms. The Hall–Kier alpha value is -4.08. The van der Waals surface area contributed by atoms with E-state index < -0.39 is 11.6 Å². The highest BCUT2D eigenvalue weighted by atomic mass is 19.1. The molecular formula is C37H44F2N4O3. The average molecular weight is 631 g/mol. The van der Waals surface area contributed by atoms with E-state index in [2.05, 4.69) is 14.4 Å². The summed E-state index contributed by atoms with van der Waals surface area (Å²) in [6.45, 7) is 12.6. The molecule has 0 bridgehead atoms. The van der Waals surface area contributed by atoms with Gasteiger partial charge in [0.25, 0.3) is 0 Å². The number of aryl methyl sites for hydroxylation is 2. The number of nitrogens with zero attached hydrogens (tertiary/aromatic N) is 4. The summed E-state index contributed by atoms with van der Waals surface area (Å²) in [5, 5.41) is 0. The fourth-order valence-corrected chi connectivity index (χ4v) is 6.73. The Morgan fingerprint density at radius 3 is 1.74 bits per heavy atom. The first-order valence-corrected chi connectivity index (χ1v) is 16.1. The van der Waals surface area contributed by atoms with Crippen molar-refractivity contribution in [1.29, 1.82) is 0 Å². The summed E-state index contributed by atoms with van der Waals surface area (Å²) in [5.41, 5.74) is 6.26. The minimum absolute atomic E-state index is 0.0498. The number of likely N-dealkylation sites (tertiary alicyclic amines) is 2. The number of ketones is 2. The molecule has 0 saturated carbocycles. The van der Waals surface area contributed by atoms with Gasteiger partial charge in [0.05, 0.1) is 25.9 Å². The number of hydrogen-bond acceptors (Lipinski definition) is 5. The molecule has 6 rings (SSSR count). The summed E-state index contributed by atoms with van der Waals surface area (Å²) in [6, 6.07) is 15.2. The molecule has 0 amide bonds. The van der Waals surface area contributed by atoms with E-state index in [-0.39, 0.29) is 17.3 Å². The molecule has 0 atom stereocenters. The first-order valence-electron chi connectivity index (χ1n) is 16.1. The number of aromatic nitrogens is 2. The van der Waals surface area contributed by atoms with Crippen LogP contribution in [-0.4, -0.2) is 76.9 Å². The number of carbonyl (C=O) groups excluding carboxylic acids is 2. The Morgan fingerprint density at radius 1 is 0.696 bits per heavy atom. The van der Waals surface area contributed by atoms with Gasteiger partial charge < -0.3 is 13.9 Å². The normalized spacial score (nSPS) is 15.2. The molecule has 2 saturated heterocycles. The number of Topliss-reactive ketones (excluding diaryl/α,β-unsaturated/α-hetero) is 2. The maximum absolute atomic E-state index is 14.1. The predicted octanol–water partition coefficient (Wildman–Crippen LogP) is 7.03. The summed E-state index contributed by atoms with van der Waals surface area (Å²) in [5.74, 6) is -0.160. The highest BCUT2D eigenvalue weighted by Gasteiger charge is 2.23. The molecule has 0 N–H and O–H groups in total. The van der Waals surface area contributed by atoms with Crippen molar-refractivity contribution in [3.63, 3.8) is 0 Å². The van der Waals surface area contributed by atoms with E-state index >= 15 is 0 Å². The van der Waals surface area contributed by atoms with Gasteiger partial charge in [-0.15, -0.1) is 0 Å². The maximum Gasteiger partial charge on any atom is 0.178 e. The zero-order valence-corrected chi connectivity index (χ0v) is 27.5. The van der Waals surface area contributed by atoms with Crippen LogP contribution < -0.4 is 4.74 Å². The summed E-state index contributed by atoms with van der Waals surface area (Å²) >= 11 is 0. The Kier molecular flexibility index (Phi) is 10.5. The van der Waals surface area contributed by atoms with Crippen molar-refractivity contribution in [2.75, 3.05) is 46.4 Å². The van der Waals surface area contributed by atoms with Gasteiger partial charge in [0.1, 0.15) is 17.4 Å². The molecule has 9 heteroatoms. The van der Waals surface area contributed by atoms with Crippen LogP contribution >= 0.6 is 0 Å². The third-order valence-corrected chi connectivity index (χ3v) is 9.06. The molecule has 7 nitrogen and oxygen atoms in total. The molecule has 4 aromatic rings. The van der Waals surface area contributed by atoms with Crippen molar-refractivity contribution in [1.82, 2.24) is 18.9 Å². The molecule has 2 fully saturated rings. The van der Waals surface area contributed by atoms with Gasteiger partial charge in [-0.05, 0) is 116 Å². The van der Waals surface area contributed by atoms with Crippen LogP contribution in [0.1, 0.15) is 69.2 Å². The fraction of sp³-hybridized carbons (Fsp3) is 0.405. The van der Waals surface area contributed by atoms with Crippen LogP contribution in [0.15, 0.2) is 54.6 Å². The van der Waals surface area contributed by atoms with Crippen LogP contribution in [0.2, 0.25) is 0 Å². The summed E-state index contributed by atoms with van der Waals surface area (Å²) in [7, 11) is 1.67. The first-order chi connectivity index (χ1) is 22.1. The van der Waals surface area contributed by atoms with Gasteiger partial charge in [-0.25, -0.2) is 8.78 Å². The summed E-state index contributed by atoms with van der Waals surface area (Å²) < 4.78 is 36.3. The van der Waals surface area contributed by atoms with E-state index in [1.807, 2.05) is 51.1 Å². The molecule has 0 radical (unpaired) electrons. The van der Waals surface area contributed by atoms with Crippen molar-refractivity contribution in [2.45, 2.75) is 53.4 Å². The number of carbonyl (C=O) groups is 2. The Balaban J connectivity index is 0.000000181. The zero-order valence-electron chi connectivity index (χ0n) is 27.5. The molecule has 2 aliphatic heterocycles. The second-order valence-electron chi connectivity index (χ2n) is 12.4. The van der Waals surface area contributed by atoms with E-state index in [0.717, 1.165) is 79.2 Å². The van der Waals surface area contributed by atoms with E-state index in [0.29, 0.717) is 24.3 Å². The number of ether oxygens (including phenoxy) is 1. The molecule has 0 unspecified atom stereocenters. The topological polar surface area (TPSA) is 59.7 Å². The number of methoxy groups -OCH3 is 1. The molecule has 2 aromatic carbocycles. The molecule has 4 heterocycles. The van der Waals surface area contributed by atoms with Crippen LogP contribution in [0.4, 0.5) is 8.78 Å². The van der Waals surface area contributed by atoms with E-state index in [9.17, 15) is 18.4 Å². The van der Waals surface area contributed by atoms with Crippen LogP contribution in [-0.2, 0) is 0 Å². The van der Waals surface area contributed by atoms with Crippen LogP contribution in [0.25, 0.3) is 11.4 Å². The lowest BCUT2D eigenvalue weighted by molar-refractivity contribution is 0.0937. The minimum atomic E-state index is -0.634. The SMILES string of the molecule is COc1cccc(-n2c(C)cc(C(=O)CN3CCCC3)c2C)c1.Cc1cc(C(=O)CN2CCCC2)c(C)n1-c1ccc(F)cc1F. The van der Waals surface area contributed by atoms with Crippen LogP contribution in [0, 0.1) is 39.3 Å². The number of benzene rings is 2. The van der Waals surface area contributed by atoms with Gasteiger partial charge >= 0.3 is 0 Å². The number of hydrogen-bond donors (Lipinski definition) is 0. The average Bonchev–Trinajstić information content (AvgIpc) is 3.83. The molecular weight excluding hydrogens is 586 g/mol. The second kappa shape index (κ2) is 14.6. The third kappa shape index (κ3) is 7.32. The third-order valence-electron chi connectivity index (χ3n) is 9.06. The molecule has 2 aliphatic rings. The van der Waals surface area contributed by atoms with E-state index in [1.165, 1.54) is 25.0 Å². The van der Waals surface area contributed by atoms with Crippen molar-refractivity contribution in [2.24, 2.45) is 0 Å². The van der Waals surface area contributed by atoms with Gasteiger partial charge in [0.2, 0.25) is 0 Å². The fourth-order valence-electron chi connectivity index (χ4n) is 6.73. The first kappa shape index (κ1) is 33.3. The van der Waals surface area contributed by atoms with Crippen molar-refractivity contribution in [3.8, 4) is 17.1 Å². The smallest absolute Gasteiger partial charge is 0.178 e. The predicted molar refractivity (Wildman–Crippen MR) is 177 cm³/mol. The van der Waals surface area contributed by atoms with Crippen molar-refractivity contribution >= 4 is 11.6 Å². The Morgan fingerprint density at radius 2 is 1.22 bits per heavy atom. The van der Waals surface area contributed by atoms with Crippen LogP contribution in [0.3, 0.4) is 0 Å². The molecule has 46 heavy (non-hydrogen) atoms. The Labute approximate surface area is 270 Å². The standard InChI is InChI=1S/C19H24N2O2.C18H20F2N2O/c1-14-11-18(19(22)13-20-9-4-5-10-20)15(2)21(14)16-7-6-8-17(12-16)23-3;1-12-9-15(18(23)11-21-7-3-4-8-21)13(2)22(12)17-6-5-14(19)10-16(17)20/h6-8,11-12H,4-5,9-10,13H2,1-3H3;5-6,9-10H,3-4,7-8,11H2,1-2H3. The molecule has 0 aliphatic carbocycles.